The number of aliphatic hydroxyl groups is 1. The molecule has 1 aromatic carbocycles. The molecule has 1 aromatic rings. The monoisotopic (exact) mass is 311 g/mol. The summed E-state index contributed by atoms with van der Waals surface area (Å²) in [5.41, 5.74) is -0.0700. The topological polar surface area (TPSA) is 49.3 Å². The molecule has 0 aliphatic rings. The minimum absolute atomic E-state index is 0.0700. The Hall–Kier alpha value is -1.08. The van der Waals surface area contributed by atoms with Crippen molar-refractivity contribution in [2.45, 2.75) is 5.92 Å². The molecule has 7 heteroatoms. The number of benzene rings is 1. The van der Waals surface area contributed by atoms with Crippen molar-refractivity contribution in [3.8, 4) is 0 Å². The zero-order valence-corrected chi connectivity index (χ0v) is 10.1. The normalized spacial score (nSPS) is 11.4. The van der Waals surface area contributed by atoms with E-state index in [-0.39, 0.29) is 10.0 Å². The zero-order chi connectivity index (χ0) is 13.1. The van der Waals surface area contributed by atoms with E-state index in [1.165, 1.54) is 12.1 Å². The van der Waals surface area contributed by atoms with Gasteiger partial charge in [-0.3, -0.25) is 4.79 Å². The summed E-state index contributed by atoms with van der Waals surface area (Å²) >= 11 is 2.90. The van der Waals surface area contributed by atoms with Crippen molar-refractivity contribution >= 4 is 21.8 Å². The Balaban J connectivity index is 2.68. The molecule has 0 aliphatic heterocycles. The lowest BCUT2D eigenvalue weighted by molar-refractivity contribution is -0.0462. The van der Waals surface area contributed by atoms with E-state index in [0.29, 0.717) is 0 Å². The largest absolute Gasteiger partial charge is 0.390 e. The van der Waals surface area contributed by atoms with E-state index in [4.69, 9.17) is 5.11 Å². The van der Waals surface area contributed by atoms with E-state index in [1.807, 2.05) is 5.32 Å². The molecule has 0 aromatic heterocycles. The Bertz CT molecular complexity index is 426. The third kappa shape index (κ3) is 4.01. The highest BCUT2D eigenvalue weighted by atomic mass is 79.9. The Morgan fingerprint density at radius 1 is 1.47 bits per heavy atom. The fourth-order valence-corrected chi connectivity index (χ4v) is 1.25. The maximum absolute atomic E-state index is 13.1. The second kappa shape index (κ2) is 5.50. The lowest BCUT2D eigenvalue weighted by Gasteiger charge is -2.13. The van der Waals surface area contributed by atoms with Crippen molar-refractivity contribution < 1.29 is 23.1 Å². The van der Waals surface area contributed by atoms with Gasteiger partial charge in [0.1, 0.15) is 12.4 Å². The number of alkyl halides is 2. The van der Waals surface area contributed by atoms with Gasteiger partial charge in [0.15, 0.2) is 0 Å². The number of hydrogen-bond acceptors (Lipinski definition) is 2. The minimum atomic E-state index is -3.39. The summed E-state index contributed by atoms with van der Waals surface area (Å²) in [6.45, 7) is -2.36. The van der Waals surface area contributed by atoms with Gasteiger partial charge in [-0.05, 0) is 34.1 Å². The van der Waals surface area contributed by atoms with Gasteiger partial charge in [0, 0.05) is 5.56 Å². The molecule has 0 unspecified atom stereocenters. The zero-order valence-electron chi connectivity index (χ0n) is 8.51. The van der Waals surface area contributed by atoms with Crippen molar-refractivity contribution in [2.75, 3.05) is 13.2 Å². The molecule has 1 amide bonds. The molecule has 2 N–H and O–H groups in total. The number of carbonyl (C=O) groups is 1. The molecular formula is C10H9BrF3NO2. The van der Waals surface area contributed by atoms with E-state index in [1.54, 1.807) is 0 Å². The number of aliphatic hydroxyl groups excluding tert-OH is 1. The number of nitrogens with one attached hydrogen (secondary N) is 1. The Morgan fingerprint density at radius 3 is 2.65 bits per heavy atom. The lowest BCUT2D eigenvalue weighted by Crippen LogP contribution is -2.39. The summed E-state index contributed by atoms with van der Waals surface area (Å²) in [5, 5.41) is 10.2. The maximum Gasteiger partial charge on any atom is 0.287 e. The smallest absolute Gasteiger partial charge is 0.287 e. The van der Waals surface area contributed by atoms with Gasteiger partial charge < -0.3 is 10.4 Å². The molecular weight excluding hydrogens is 303 g/mol. The highest BCUT2D eigenvalue weighted by molar-refractivity contribution is 9.10. The molecule has 0 saturated heterocycles. The first-order valence-corrected chi connectivity index (χ1v) is 5.37. The van der Waals surface area contributed by atoms with Crippen LogP contribution in [0, 0.1) is 5.82 Å². The molecule has 0 fully saturated rings. The molecule has 0 atom stereocenters. The van der Waals surface area contributed by atoms with Crippen molar-refractivity contribution in [1.82, 2.24) is 5.32 Å². The summed E-state index contributed by atoms with van der Waals surface area (Å²) in [6.07, 6.45) is 0. The Labute approximate surface area is 104 Å². The molecule has 0 aliphatic carbocycles. The average Bonchev–Trinajstić information content (AvgIpc) is 2.30. The highest BCUT2D eigenvalue weighted by Gasteiger charge is 2.28. The molecule has 0 heterocycles. The van der Waals surface area contributed by atoms with Crippen LogP contribution in [0.5, 0.6) is 0 Å². The highest BCUT2D eigenvalue weighted by Crippen LogP contribution is 2.16. The van der Waals surface area contributed by atoms with Crippen LogP contribution in [-0.4, -0.2) is 30.1 Å². The Kier molecular flexibility index (Phi) is 4.53. The number of halogens is 4. The van der Waals surface area contributed by atoms with Crippen LogP contribution in [-0.2, 0) is 0 Å². The first kappa shape index (κ1) is 14.0. The summed E-state index contributed by atoms with van der Waals surface area (Å²) in [4.78, 5) is 11.4. The van der Waals surface area contributed by atoms with Crippen molar-refractivity contribution in [3.05, 3.63) is 34.1 Å². The van der Waals surface area contributed by atoms with Crippen LogP contribution in [0.1, 0.15) is 10.4 Å². The van der Waals surface area contributed by atoms with Gasteiger partial charge in [-0.1, -0.05) is 0 Å². The fourth-order valence-electron chi connectivity index (χ4n) is 1.00. The van der Waals surface area contributed by atoms with Crippen LogP contribution in [0.15, 0.2) is 22.7 Å². The van der Waals surface area contributed by atoms with Crippen molar-refractivity contribution in [2.24, 2.45) is 0 Å². The summed E-state index contributed by atoms with van der Waals surface area (Å²) in [7, 11) is 0. The molecule has 94 valence electrons. The van der Waals surface area contributed by atoms with Gasteiger partial charge in [-0.25, -0.2) is 13.2 Å². The predicted molar refractivity (Wildman–Crippen MR) is 58.5 cm³/mol. The molecule has 0 bridgehead atoms. The van der Waals surface area contributed by atoms with Crippen LogP contribution < -0.4 is 5.32 Å². The maximum atomic E-state index is 13.1. The third-order valence-corrected chi connectivity index (χ3v) is 2.56. The molecule has 1 rings (SSSR count). The first-order chi connectivity index (χ1) is 7.85. The van der Waals surface area contributed by atoms with E-state index < -0.39 is 30.8 Å². The average molecular weight is 312 g/mol. The van der Waals surface area contributed by atoms with Crippen LogP contribution in [0.2, 0.25) is 0 Å². The van der Waals surface area contributed by atoms with E-state index in [0.717, 1.165) is 6.07 Å². The van der Waals surface area contributed by atoms with Gasteiger partial charge in [-0.2, -0.15) is 0 Å². The fraction of sp³-hybridized carbons (Fsp3) is 0.300. The second-order valence-electron chi connectivity index (χ2n) is 3.33. The standard InChI is InChI=1S/C10H9BrF3NO2/c11-7-2-1-6(3-8(7)12)9(17)15-4-10(13,14)5-16/h1-3,16H,4-5H2,(H,15,17). The summed E-state index contributed by atoms with van der Waals surface area (Å²) < 4.78 is 38.5. The van der Waals surface area contributed by atoms with Gasteiger partial charge in [-0.15, -0.1) is 0 Å². The van der Waals surface area contributed by atoms with Gasteiger partial charge in [0.25, 0.3) is 11.8 Å². The predicted octanol–water partition coefficient (Wildman–Crippen LogP) is 1.95. The number of carbonyl (C=O) groups excluding carboxylic acids is 1. The van der Waals surface area contributed by atoms with Crippen LogP contribution in [0.3, 0.4) is 0 Å². The summed E-state index contributed by atoms with van der Waals surface area (Å²) in [5.74, 6) is -4.88. The first-order valence-electron chi connectivity index (χ1n) is 4.57. The van der Waals surface area contributed by atoms with E-state index >= 15 is 0 Å². The minimum Gasteiger partial charge on any atom is -0.390 e. The lowest BCUT2D eigenvalue weighted by atomic mass is 10.2. The SMILES string of the molecule is O=C(NCC(F)(F)CO)c1ccc(Br)c(F)c1. The van der Waals surface area contributed by atoms with Crippen molar-refractivity contribution in [1.29, 1.82) is 0 Å². The van der Waals surface area contributed by atoms with E-state index in [9.17, 15) is 18.0 Å². The number of hydrogen-bond donors (Lipinski definition) is 2. The number of amides is 1. The second-order valence-corrected chi connectivity index (χ2v) is 4.18. The van der Waals surface area contributed by atoms with Gasteiger partial charge >= 0.3 is 0 Å². The third-order valence-electron chi connectivity index (χ3n) is 1.92. The molecule has 0 radical (unpaired) electrons. The van der Waals surface area contributed by atoms with Crippen LogP contribution >= 0.6 is 15.9 Å². The Morgan fingerprint density at radius 2 is 2.12 bits per heavy atom. The molecule has 17 heavy (non-hydrogen) atoms. The molecule has 0 saturated carbocycles. The van der Waals surface area contributed by atoms with Crippen LogP contribution in [0.25, 0.3) is 0 Å². The number of rotatable bonds is 4. The molecule has 3 nitrogen and oxygen atoms in total. The summed E-state index contributed by atoms with van der Waals surface area (Å²) in [6, 6.07) is 3.52. The quantitative estimate of drug-likeness (QED) is 0.893. The van der Waals surface area contributed by atoms with Gasteiger partial charge in [0.2, 0.25) is 0 Å². The van der Waals surface area contributed by atoms with Crippen LogP contribution in [0.4, 0.5) is 13.2 Å². The van der Waals surface area contributed by atoms with Crippen molar-refractivity contribution in [3.63, 3.8) is 0 Å². The van der Waals surface area contributed by atoms with Gasteiger partial charge in [0.05, 0.1) is 11.0 Å². The molecule has 0 spiro atoms. The van der Waals surface area contributed by atoms with E-state index in [2.05, 4.69) is 15.9 Å².